The number of nitrogens with zero attached hydrogens (tertiary/aromatic N) is 1. The lowest BCUT2D eigenvalue weighted by molar-refractivity contribution is 0.0620. The molecule has 0 saturated heterocycles. The Kier molecular flexibility index (Phi) is 7.96. The molecular weight excluding hydrogens is 446 g/mol. The highest BCUT2D eigenvalue weighted by Crippen LogP contribution is 2.21. The summed E-state index contributed by atoms with van der Waals surface area (Å²) in [6.07, 6.45) is -0.140. The van der Waals surface area contributed by atoms with Gasteiger partial charge in [0.15, 0.2) is 0 Å². The second-order valence-corrected chi connectivity index (χ2v) is 9.99. The van der Waals surface area contributed by atoms with E-state index in [2.05, 4.69) is 10.3 Å². The lowest BCUT2D eigenvalue weighted by Crippen LogP contribution is -2.41. The summed E-state index contributed by atoms with van der Waals surface area (Å²) in [5, 5.41) is 14.0. The third-order valence-electron chi connectivity index (χ3n) is 4.89. The number of ether oxygens (including phenoxy) is 2. The van der Waals surface area contributed by atoms with Gasteiger partial charge in [-0.3, -0.25) is 5.32 Å². The maximum atomic E-state index is 13.1. The number of aliphatic hydroxyl groups excluding tert-OH is 1. The maximum absolute atomic E-state index is 13.1. The largest absolute Gasteiger partial charge is 0.497 e. The Morgan fingerprint density at radius 3 is 2.52 bits per heavy atom. The predicted octanol–water partition coefficient (Wildman–Crippen LogP) is 3.43. The summed E-state index contributed by atoms with van der Waals surface area (Å²) in [6, 6.07) is 13.3. The van der Waals surface area contributed by atoms with Crippen molar-refractivity contribution in [3.8, 4) is 5.75 Å². The maximum Gasteiger partial charge on any atom is 0.411 e. The number of anilines is 1. The van der Waals surface area contributed by atoms with E-state index in [1.54, 1.807) is 30.5 Å². The number of carbonyl (C=O) groups excluding carboxylic acids is 1. The topological polar surface area (TPSA) is 121 Å². The highest BCUT2D eigenvalue weighted by Gasteiger charge is 2.28. The first-order valence-corrected chi connectivity index (χ1v) is 12.0. The van der Waals surface area contributed by atoms with Crippen molar-refractivity contribution < 1.29 is 27.8 Å². The van der Waals surface area contributed by atoms with E-state index in [1.807, 2.05) is 26.0 Å². The fourth-order valence-electron chi connectivity index (χ4n) is 3.32. The van der Waals surface area contributed by atoms with Crippen LogP contribution in [-0.4, -0.2) is 61.8 Å². The van der Waals surface area contributed by atoms with Crippen LogP contribution in [0, 0.1) is 5.92 Å². The van der Waals surface area contributed by atoms with Crippen LogP contribution in [-0.2, 0) is 14.8 Å². The SMILES string of the molecule is COc1ccc(S(=O)(=O)N(CC(C)C)C[C@@H](O)COC(=O)Nc2ccc3[nH]ccc3c2)cc1. The van der Waals surface area contributed by atoms with Crippen LogP contribution >= 0.6 is 0 Å². The number of methoxy groups -OCH3 is 1. The number of nitrogens with one attached hydrogen (secondary N) is 2. The van der Waals surface area contributed by atoms with Crippen molar-refractivity contribution in [2.45, 2.75) is 24.8 Å². The lowest BCUT2D eigenvalue weighted by atomic mass is 10.2. The van der Waals surface area contributed by atoms with E-state index in [0.717, 1.165) is 10.9 Å². The minimum atomic E-state index is -3.86. The van der Waals surface area contributed by atoms with Gasteiger partial charge in [-0.2, -0.15) is 4.31 Å². The van der Waals surface area contributed by atoms with Crippen LogP contribution in [0.2, 0.25) is 0 Å². The Morgan fingerprint density at radius 1 is 1.12 bits per heavy atom. The van der Waals surface area contributed by atoms with Crippen molar-refractivity contribution in [1.82, 2.24) is 9.29 Å². The van der Waals surface area contributed by atoms with E-state index >= 15 is 0 Å². The molecule has 33 heavy (non-hydrogen) atoms. The van der Waals surface area contributed by atoms with Gasteiger partial charge in [0.2, 0.25) is 10.0 Å². The Labute approximate surface area is 193 Å². The molecule has 0 fully saturated rings. The molecule has 0 aliphatic carbocycles. The summed E-state index contributed by atoms with van der Waals surface area (Å²) in [6.45, 7) is 3.40. The van der Waals surface area contributed by atoms with E-state index in [4.69, 9.17) is 9.47 Å². The molecule has 10 heteroatoms. The zero-order valence-electron chi connectivity index (χ0n) is 18.8. The summed E-state index contributed by atoms with van der Waals surface area (Å²) < 4.78 is 37.6. The molecule has 178 valence electrons. The number of aromatic nitrogens is 1. The average molecular weight is 476 g/mol. The first-order valence-electron chi connectivity index (χ1n) is 10.5. The third-order valence-corrected chi connectivity index (χ3v) is 6.73. The summed E-state index contributed by atoms with van der Waals surface area (Å²) in [7, 11) is -2.36. The van der Waals surface area contributed by atoms with Gasteiger partial charge in [-0.1, -0.05) is 13.8 Å². The molecule has 0 spiro atoms. The number of fused-ring (bicyclic) bond motifs is 1. The van der Waals surface area contributed by atoms with Gasteiger partial charge in [-0.25, -0.2) is 13.2 Å². The van der Waals surface area contributed by atoms with Crippen LogP contribution in [0.1, 0.15) is 13.8 Å². The van der Waals surface area contributed by atoms with Crippen LogP contribution in [0.4, 0.5) is 10.5 Å². The molecule has 3 N–H and O–H groups in total. The molecule has 1 atom stereocenters. The van der Waals surface area contributed by atoms with Crippen molar-refractivity contribution in [1.29, 1.82) is 0 Å². The number of benzene rings is 2. The second-order valence-electron chi connectivity index (χ2n) is 8.05. The number of aliphatic hydroxyl groups is 1. The predicted molar refractivity (Wildman–Crippen MR) is 126 cm³/mol. The van der Waals surface area contributed by atoms with E-state index in [-0.39, 0.29) is 30.5 Å². The summed E-state index contributed by atoms with van der Waals surface area (Å²) >= 11 is 0. The van der Waals surface area contributed by atoms with E-state index in [9.17, 15) is 18.3 Å². The zero-order valence-corrected chi connectivity index (χ0v) is 19.6. The first kappa shape index (κ1) is 24.6. The molecule has 2 aromatic carbocycles. The van der Waals surface area contributed by atoms with Gasteiger partial charge in [0.05, 0.1) is 12.0 Å². The van der Waals surface area contributed by atoms with Crippen LogP contribution in [0.5, 0.6) is 5.75 Å². The molecule has 3 aromatic rings. The zero-order chi connectivity index (χ0) is 24.0. The standard InChI is InChI=1S/C23H29N3O6S/c1-16(2)13-26(33(29,30)21-7-5-20(31-3)6-8-21)14-19(27)15-32-23(28)25-18-4-9-22-17(12-18)10-11-24-22/h4-12,16,19,24,27H,13-15H2,1-3H3,(H,25,28)/t19-/m1/s1. The Morgan fingerprint density at radius 2 is 1.85 bits per heavy atom. The van der Waals surface area contributed by atoms with Crippen LogP contribution in [0.3, 0.4) is 0 Å². The number of sulfonamides is 1. The molecule has 1 heterocycles. The molecule has 0 radical (unpaired) electrons. The van der Waals surface area contributed by atoms with Crippen molar-refractivity contribution in [2.75, 3.05) is 32.1 Å². The fraction of sp³-hybridized carbons (Fsp3) is 0.348. The van der Waals surface area contributed by atoms with Gasteiger partial charge in [0, 0.05) is 35.9 Å². The average Bonchev–Trinajstić information content (AvgIpc) is 3.25. The number of carbonyl (C=O) groups is 1. The molecule has 0 unspecified atom stereocenters. The first-order chi connectivity index (χ1) is 15.7. The molecule has 3 rings (SSSR count). The van der Waals surface area contributed by atoms with Crippen molar-refractivity contribution >= 4 is 32.7 Å². The minimum Gasteiger partial charge on any atom is -0.497 e. The van der Waals surface area contributed by atoms with Crippen molar-refractivity contribution in [2.24, 2.45) is 5.92 Å². The minimum absolute atomic E-state index is 0.0257. The second kappa shape index (κ2) is 10.7. The third kappa shape index (κ3) is 6.47. The summed E-state index contributed by atoms with van der Waals surface area (Å²) in [4.78, 5) is 15.3. The molecule has 0 aliphatic heterocycles. The van der Waals surface area contributed by atoms with Gasteiger partial charge >= 0.3 is 6.09 Å². The van der Waals surface area contributed by atoms with Gasteiger partial charge in [0.25, 0.3) is 0 Å². The summed E-state index contributed by atoms with van der Waals surface area (Å²) in [5.41, 5.74) is 1.48. The van der Waals surface area contributed by atoms with Crippen LogP contribution in [0.15, 0.2) is 59.6 Å². The highest BCUT2D eigenvalue weighted by molar-refractivity contribution is 7.89. The van der Waals surface area contributed by atoms with Crippen LogP contribution < -0.4 is 10.1 Å². The lowest BCUT2D eigenvalue weighted by Gasteiger charge is -2.26. The number of amides is 1. The van der Waals surface area contributed by atoms with E-state index in [1.165, 1.54) is 23.5 Å². The van der Waals surface area contributed by atoms with Gasteiger partial charge < -0.3 is 19.6 Å². The smallest absolute Gasteiger partial charge is 0.411 e. The molecule has 0 saturated carbocycles. The quantitative estimate of drug-likeness (QED) is 0.413. The molecule has 1 aromatic heterocycles. The Hall–Kier alpha value is -3.08. The number of hydrogen-bond donors (Lipinski definition) is 3. The normalized spacial score (nSPS) is 12.8. The number of aromatic amines is 1. The fourth-order valence-corrected chi connectivity index (χ4v) is 4.96. The van der Waals surface area contributed by atoms with Gasteiger partial charge in [-0.15, -0.1) is 0 Å². The van der Waals surface area contributed by atoms with Gasteiger partial charge in [0.1, 0.15) is 18.5 Å². The van der Waals surface area contributed by atoms with Crippen molar-refractivity contribution in [3.63, 3.8) is 0 Å². The monoisotopic (exact) mass is 475 g/mol. The number of hydrogen-bond acceptors (Lipinski definition) is 6. The molecule has 0 bridgehead atoms. The highest BCUT2D eigenvalue weighted by atomic mass is 32.2. The molecule has 9 nitrogen and oxygen atoms in total. The molecular formula is C23H29N3O6S. The summed E-state index contributed by atoms with van der Waals surface area (Å²) in [5.74, 6) is 0.567. The molecule has 1 amide bonds. The number of H-pyrrole nitrogens is 1. The Bertz CT molecular complexity index is 1170. The van der Waals surface area contributed by atoms with E-state index in [0.29, 0.717) is 11.4 Å². The van der Waals surface area contributed by atoms with Crippen LogP contribution in [0.25, 0.3) is 10.9 Å². The van der Waals surface area contributed by atoms with E-state index < -0.39 is 22.2 Å². The van der Waals surface area contributed by atoms with Crippen molar-refractivity contribution in [3.05, 3.63) is 54.7 Å². The van der Waals surface area contributed by atoms with Gasteiger partial charge in [-0.05, 0) is 54.4 Å². The Balaban J connectivity index is 1.60. The number of rotatable bonds is 10. The molecule has 0 aliphatic rings.